The van der Waals surface area contributed by atoms with Gasteiger partial charge in [0.25, 0.3) is 11.5 Å². The summed E-state index contributed by atoms with van der Waals surface area (Å²) in [6.45, 7) is 0. The molecule has 0 aliphatic heterocycles. The largest absolute Gasteiger partial charge is 0.322 e. The maximum atomic E-state index is 12.9. The van der Waals surface area contributed by atoms with Gasteiger partial charge < -0.3 is 10.3 Å². The lowest BCUT2D eigenvalue weighted by atomic mass is 10.1. The zero-order valence-electron chi connectivity index (χ0n) is 12.9. The van der Waals surface area contributed by atoms with E-state index in [4.69, 9.17) is 0 Å². The number of H-pyrrole nitrogens is 1. The van der Waals surface area contributed by atoms with Gasteiger partial charge in [-0.1, -0.05) is 6.07 Å². The van der Waals surface area contributed by atoms with Gasteiger partial charge >= 0.3 is 0 Å². The number of carbonyl (C=O) groups is 1. The van der Waals surface area contributed by atoms with Crippen LogP contribution >= 0.6 is 0 Å². The Hall–Kier alpha value is -2.95. The normalized spacial score (nSPS) is 13.0. The number of benzene rings is 2. The molecular formula is C19H15FN2O2. The van der Waals surface area contributed by atoms with Crippen molar-refractivity contribution in [2.24, 2.45) is 0 Å². The Morgan fingerprint density at radius 2 is 1.79 bits per heavy atom. The number of aryl methyl sites for hydroxylation is 1. The Balaban J connectivity index is 1.68. The van der Waals surface area contributed by atoms with Crippen LogP contribution in [-0.4, -0.2) is 10.9 Å². The molecule has 1 aliphatic carbocycles. The SMILES string of the molecule is O=C(Nc1ccc2c3c(c(=O)[nH]c2c1)CCC3)c1ccc(F)cc1. The van der Waals surface area contributed by atoms with Crippen LogP contribution in [0.4, 0.5) is 10.1 Å². The first-order valence-corrected chi connectivity index (χ1v) is 7.86. The number of aromatic amines is 1. The van der Waals surface area contributed by atoms with Crippen molar-refractivity contribution in [3.8, 4) is 0 Å². The van der Waals surface area contributed by atoms with Crippen molar-refractivity contribution in [2.75, 3.05) is 5.32 Å². The molecule has 5 heteroatoms. The van der Waals surface area contributed by atoms with Crippen LogP contribution in [0.2, 0.25) is 0 Å². The third-order valence-electron chi connectivity index (χ3n) is 4.45. The van der Waals surface area contributed by atoms with E-state index in [1.54, 1.807) is 6.07 Å². The predicted octanol–water partition coefficient (Wildman–Crippen LogP) is 3.41. The summed E-state index contributed by atoms with van der Waals surface area (Å²) in [6, 6.07) is 10.9. The fourth-order valence-electron chi connectivity index (χ4n) is 3.28. The molecule has 1 amide bonds. The molecule has 4 rings (SSSR count). The van der Waals surface area contributed by atoms with Crippen LogP contribution in [0.5, 0.6) is 0 Å². The van der Waals surface area contributed by atoms with E-state index in [-0.39, 0.29) is 17.3 Å². The minimum absolute atomic E-state index is 0.0444. The molecule has 0 fully saturated rings. The number of nitrogens with one attached hydrogen (secondary N) is 2. The van der Waals surface area contributed by atoms with Crippen molar-refractivity contribution in [1.29, 1.82) is 0 Å². The smallest absolute Gasteiger partial charge is 0.255 e. The van der Waals surface area contributed by atoms with Crippen molar-refractivity contribution >= 4 is 22.5 Å². The Bertz CT molecular complexity index is 1010. The van der Waals surface area contributed by atoms with E-state index in [1.807, 2.05) is 12.1 Å². The molecule has 1 aliphatic rings. The molecule has 0 atom stereocenters. The van der Waals surface area contributed by atoms with Crippen molar-refractivity contribution in [1.82, 2.24) is 4.98 Å². The number of fused-ring (bicyclic) bond motifs is 3. The third kappa shape index (κ3) is 2.48. The van der Waals surface area contributed by atoms with E-state index < -0.39 is 0 Å². The van der Waals surface area contributed by atoms with E-state index in [2.05, 4.69) is 10.3 Å². The van der Waals surface area contributed by atoms with Gasteiger partial charge in [-0.15, -0.1) is 0 Å². The highest BCUT2D eigenvalue weighted by atomic mass is 19.1. The molecule has 24 heavy (non-hydrogen) atoms. The maximum absolute atomic E-state index is 12.9. The number of carbonyl (C=O) groups excluding carboxylic acids is 1. The lowest BCUT2D eigenvalue weighted by molar-refractivity contribution is 0.102. The Morgan fingerprint density at radius 1 is 1.04 bits per heavy atom. The van der Waals surface area contributed by atoms with Crippen LogP contribution in [0.15, 0.2) is 47.3 Å². The summed E-state index contributed by atoms with van der Waals surface area (Å²) < 4.78 is 12.9. The van der Waals surface area contributed by atoms with Gasteiger partial charge in [-0.2, -0.15) is 0 Å². The average molecular weight is 322 g/mol. The van der Waals surface area contributed by atoms with Crippen LogP contribution in [0.25, 0.3) is 10.9 Å². The summed E-state index contributed by atoms with van der Waals surface area (Å²) in [4.78, 5) is 27.2. The molecule has 120 valence electrons. The van der Waals surface area contributed by atoms with Crippen molar-refractivity contribution in [2.45, 2.75) is 19.3 Å². The van der Waals surface area contributed by atoms with E-state index in [0.717, 1.165) is 41.3 Å². The summed E-state index contributed by atoms with van der Waals surface area (Å²) >= 11 is 0. The molecule has 4 nitrogen and oxygen atoms in total. The molecule has 1 heterocycles. The minimum Gasteiger partial charge on any atom is -0.322 e. The lowest BCUT2D eigenvalue weighted by Gasteiger charge is -2.09. The van der Waals surface area contributed by atoms with Gasteiger partial charge in [-0.05, 0) is 61.2 Å². The second-order valence-corrected chi connectivity index (χ2v) is 5.99. The molecular weight excluding hydrogens is 307 g/mol. The summed E-state index contributed by atoms with van der Waals surface area (Å²) in [7, 11) is 0. The number of rotatable bonds is 2. The van der Waals surface area contributed by atoms with Crippen LogP contribution in [0.1, 0.15) is 27.9 Å². The Kier molecular flexibility index (Phi) is 3.41. The number of hydrogen-bond acceptors (Lipinski definition) is 2. The average Bonchev–Trinajstić information content (AvgIpc) is 3.06. The lowest BCUT2D eigenvalue weighted by Crippen LogP contribution is -2.14. The highest BCUT2D eigenvalue weighted by Gasteiger charge is 2.18. The number of pyridine rings is 1. The van der Waals surface area contributed by atoms with Crippen LogP contribution in [0, 0.1) is 5.82 Å². The maximum Gasteiger partial charge on any atom is 0.255 e. The fourth-order valence-corrected chi connectivity index (χ4v) is 3.28. The second kappa shape index (κ2) is 5.60. The number of amides is 1. The van der Waals surface area contributed by atoms with Crippen molar-refractivity contribution in [3.05, 3.63) is 75.3 Å². The molecule has 3 aromatic rings. The molecule has 0 radical (unpaired) electrons. The second-order valence-electron chi connectivity index (χ2n) is 5.99. The van der Waals surface area contributed by atoms with Crippen LogP contribution in [0.3, 0.4) is 0 Å². The number of anilines is 1. The Morgan fingerprint density at radius 3 is 2.58 bits per heavy atom. The highest BCUT2D eigenvalue weighted by Crippen LogP contribution is 2.27. The van der Waals surface area contributed by atoms with Gasteiger partial charge in [0.2, 0.25) is 0 Å². The van der Waals surface area contributed by atoms with Crippen molar-refractivity contribution in [3.63, 3.8) is 0 Å². The van der Waals surface area contributed by atoms with Crippen LogP contribution < -0.4 is 10.9 Å². The molecule has 2 N–H and O–H groups in total. The van der Waals surface area contributed by atoms with E-state index in [1.165, 1.54) is 24.3 Å². The zero-order chi connectivity index (χ0) is 16.7. The topological polar surface area (TPSA) is 62.0 Å². The van der Waals surface area contributed by atoms with Crippen molar-refractivity contribution < 1.29 is 9.18 Å². The quantitative estimate of drug-likeness (QED) is 0.759. The first-order chi connectivity index (χ1) is 11.6. The van der Waals surface area contributed by atoms with Gasteiger partial charge in [0, 0.05) is 22.2 Å². The van der Waals surface area contributed by atoms with Gasteiger partial charge in [0.05, 0.1) is 5.52 Å². The summed E-state index contributed by atoms with van der Waals surface area (Å²) in [6.07, 6.45) is 2.74. The van der Waals surface area contributed by atoms with Gasteiger partial charge in [-0.25, -0.2) is 4.39 Å². The first kappa shape index (κ1) is 14.6. The summed E-state index contributed by atoms with van der Waals surface area (Å²) in [5, 5.41) is 3.80. The zero-order valence-corrected chi connectivity index (χ0v) is 12.9. The number of aromatic nitrogens is 1. The van der Waals surface area contributed by atoms with E-state index >= 15 is 0 Å². The Labute approximate surface area is 137 Å². The minimum atomic E-state index is -0.385. The third-order valence-corrected chi connectivity index (χ3v) is 4.45. The molecule has 1 aromatic heterocycles. The predicted molar refractivity (Wildman–Crippen MR) is 90.9 cm³/mol. The van der Waals surface area contributed by atoms with Crippen LogP contribution in [-0.2, 0) is 12.8 Å². The molecule has 2 aromatic carbocycles. The molecule has 0 unspecified atom stereocenters. The van der Waals surface area contributed by atoms with Gasteiger partial charge in [0.1, 0.15) is 5.82 Å². The monoisotopic (exact) mass is 322 g/mol. The standard InChI is InChI=1S/C19H15FN2O2/c20-12-6-4-11(5-7-12)18(23)21-13-8-9-15-14-2-1-3-16(14)19(24)22-17(15)10-13/h4-10H,1-3H2,(H,21,23)(H,22,24). The first-order valence-electron chi connectivity index (χ1n) is 7.86. The summed E-state index contributed by atoms with van der Waals surface area (Å²) in [5.41, 5.74) is 3.63. The highest BCUT2D eigenvalue weighted by molar-refractivity contribution is 6.05. The summed E-state index contributed by atoms with van der Waals surface area (Å²) in [5.74, 6) is -0.707. The van der Waals surface area contributed by atoms with Gasteiger partial charge in [0.15, 0.2) is 0 Å². The molecule has 0 spiro atoms. The molecule has 0 saturated heterocycles. The fraction of sp³-hybridized carbons (Fsp3) is 0.158. The molecule has 0 bridgehead atoms. The number of halogens is 1. The number of hydrogen-bond donors (Lipinski definition) is 2. The van der Waals surface area contributed by atoms with Gasteiger partial charge in [-0.3, -0.25) is 9.59 Å². The molecule has 0 saturated carbocycles. The van der Waals surface area contributed by atoms with E-state index in [0.29, 0.717) is 11.3 Å². The van der Waals surface area contributed by atoms with E-state index in [9.17, 15) is 14.0 Å².